The van der Waals surface area contributed by atoms with Crippen LogP contribution in [0.2, 0.25) is 10.0 Å². The molecule has 0 saturated carbocycles. The largest absolute Gasteiger partial charge is 0.389 e. The summed E-state index contributed by atoms with van der Waals surface area (Å²) in [6.45, 7) is 0. The third kappa shape index (κ3) is 4.65. The highest BCUT2D eigenvalue weighted by molar-refractivity contribution is 6.36. The number of rotatable bonds is 5. The van der Waals surface area contributed by atoms with E-state index in [-0.39, 0.29) is 12.8 Å². The Bertz CT molecular complexity index is 376. The summed E-state index contributed by atoms with van der Waals surface area (Å²) >= 11 is 11.9. The standard InChI is InChI=1S/C11H13Cl2F3N2/c12-7-3-1-4-8(13)10(7)9(18-17)5-2-6-11(14,15)16/h1,3-4,9,18H,2,5-6,17H2. The Morgan fingerprint density at radius 3 is 2.22 bits per heavy atom. The Morgan fingerprint density at radius 1 is 1.22 bits per heavy atom. The van der Waals surface area contributed by atoms with Gasteiger partial charge in [-0.25, -0.2) is 0 Å². The van der Waals surface area contributed by atoms with Crippen molar-refractivity contribution in [1.29, 1.82) is 0 Å². The molecule has 3 N–H and O–H groups in total. The third-order valence-corrected chi connectivity index (χ3v) is 3.16. The number of hydrogen-bond donors (Lipinski definition) is 2. The van der Waals surface area contributed by atoms with Crippen LogP contribution < -0.4 is 11.3 Å². The van der Waals surface area contributed by atoms with Crippen molar-refractivity contribution >= 4 is 23.2 Å². The number of hydrazine groups is 1. The van der Waals surface area contributed by atoms with Crippen LogP contribution in [-0.4, -0.2) is 6.18 Å². The smallest absolute Gasteiger partial charge is 0.271 e. The van der Waals surface area contributed by atoms with E-state index in [0.29, 0.717) is 15.6 Å². The fraction of sp³-hybridized carbons (Fsp3) is 0.455. The van der Waals surface area contributed by atoms with Crippen LogP contribution in [0.1, 0.15) is 30.9 Å². The Hall–Kier alpha value is -0.490. The summed E-state index contributed by atoms with van der Waals surface area (Å²) in [5.74, 6) is 5.34. The van der Waals surface area contributed by atoms with Gasteiger partial charge in [0.2, 0.25) is 0 Å². The van der Waals surface area contributed by atoms with Crippen molar-refractivity contribution in [3.05, 3.63) is 33.8 Å². The van der Waals surface area contributed by atoms with Crippen LogP contribution in [0.15, 0.2) is 18.2 Å². The number of nitrogens with one attached hydrogen (secondary N) is 1. The van der Waals surface area contributed by atoms with Gasteiger partial charge in [-0.1, -0.05) is 29.3 Å². The van der Waals surface area contributed by atoms with E-state index in [1.54, 1.807) is 18.2 Å². The molecule has 1 aromatic rings. The number of halogens is 5. The van der Waals surface area contributed by atoms with E-state index in [1.165, 1.54) is 0 Å². The van der Waals surface area contributed by atoms with Crippen molar-refractivity contribution in [3.8, 4) is 0 Å². The zero-order valence-corrected chi connectivity index (χ0v) is 10.9. The van der Waals surface area contributed by atoms with E-state index in [9.17, 15) is 13.2 Å². The molecule has 18 heavy (non-hydrogen) atoms. The molecule has 0 aromatic heterocycles. The van der Waals surface area contributed by atoms with E-state index in [2.05, 4.69) is 5.43 Å². The highest BCUT2D eigenvalue weighted by atomic mass is 35.5. The molecule has 2 nitrogen and oxygen atoms in total. The van der Waals surface area contributed by atoms with Crippen molar-refractivity contribution in [3.63, 3.8) is 0 Å². The number of benzene rings is 1. The first kappa shape index (κ1) is 15.6. The average molecular weight is 301 g/mol. The fourth-order valence-corrected chi connectivity index (χ4v) is 2.32. The zero-order chi connectivity index (χ0) is 13.8. The Balaban J connectivity index is 2.72. The van der Waals surface area contributed by atoms with Gasteiger partial charge in [0.1, 0.15) is 0 Å². The van der Waals surface area contributed by atoms with Crippen LogP contribution in [-0.2, 0) is 0 Å². The first-order valence-electron chi connectivity index (χ1n) is 5.32. The molecule has 0 radical (unpaired) electrons. The summed E-state index contributed by atoms with van der Waals surface area (Å²) in [5, 5.41) is 0.773. The maximum absolute atomic E-state index is 12.1. The summed E-state index contributed by atoms with van der Waals surface area (Å²) in [5.41, 5.74) is 2.98. The lowest BCUT2D eigenvalue weighted by atomic mass is 10.0. The van der Waals surface area contributed by atoms with Gasteiger partial charge in [0.25, 0.3) is 0 Å². The molecule has 0 aliphatic rings. The quantitative estimate of drug-likeness (QED) is 0.631. The van der Waals surface area contributed by atoms with Crippen LogP contribution in [0.25, 0.3) is 0 Å². The van der Waals surface area contributed by atoms with Crippen LogP contribution in [0.3, 0.4) is 0 Å². The zero-order valence-electron chi connectivity index (χ0n) is 9.40. The monoisotopic (exact) mass is 300 g/mol. The molecule has 1 rings (SSSR count). The van der Waals surface area contributed by atoms with Crippen LogP contribution in [0, 0.1) is 0 Å². The minimum atomic E-state index is -4.16. The lowest BCUT2D eigenvalue weighted by Gasteiger charge is -2.19. The van der Waals surface area contributed by atoms with Gasteiger partial charge in [-0.15, -0.1) is 0 Å². The highest BCUT2D eigenvalue weighted by Gasteiger charge is 2.27. The molecule has 0 amide bonds. The molecule has 7 heteroatoms. The maximum atomic E-state index is 12.1. The van der Waals surface area contributed by atoms with Gasteiger partial charge in [0, 0.05) is 28.1 Å². The summed E-state index contributed by atoms with van der Waals surface area (Å²) < 4.78 is 36.2. The van der Waals surface area contributed by atoms with Crippen LogP contribution in [0.5, 0.6) is 0 Å². The molecule has 0 aliphatic carbocycles. The third-order valence-electron chi connectivity index (χ3n) is 2.50. The van der Waals surface area contributed by atoms with E-state index in [1.807, 2.05) is 0 Å². The Morgan fingerprint density at radius 2 is 1.78 bits per heavy atom. The van der Waals surface area contributed by atoms with Gasteiger partial charge in [0.15, 0.2) is 0 Å². The first-order chi connectivity index (χ1) is 8.35. The molecule has 0 bridgehead atoms. The molecule has 1 unspecified atom stereocenters. The molecular formula is C11H13Cl2F3N2. The van der Waals surface area contributed by atoms with Gasteiger partial charge < -0.3 is 0 Å². The van der Waals surface area contributed by atoms with Gasteiger partial charge in [-0.05, 0) is 25.0 Å². The maximum Gasteiger partial charge on any atom is 0.389 e. The molecule has 1 aromatic carbocycles. The first-order valence-corrected chi connectivity index (χ1v) is 6.07. The second kappa shape index (κ2) is 6.61. The SMILES string of the molecule is NNC(CCCC(F)(F)F)c1c(Cl)cccc1Cl. The van der Waals surface area contributed by atoms with Gasteiger partial charge in [-0.2, -0.15) is 13.2 Å². The van der Waals surface area contributed by atoms with Crippen molar-refractivity contribution in [2.45, 2.75) is 31.5 Å². The van der Waals surface area contributed by atoms with E-state index < -0.39 is 18.6 Å². The summed E-state index contributed by atoms with van der Waals surface area (Å²) in [6, 6.07) is 4.42. The summed E-state index contributed by atoms with van der Waals surface area (Å²) in [4.78, 5) is 0. The predicted molar refractivity (Wildman–Crippen MR) is 66.4 cm³/mol. The number of nitrogens with two attached hydrogens (primary N) is 1. The molecule has 0 aliphatic heterocycles. The fourth-order valence-electron chi connectivity index (χ4n) is 1.66. The molecule has 0 heterocycles. The topological polar surface area (TPSA) is 38.0 Å². The highest BCUT2D eigenvalue weighted by Crippen LogP contribution is 2.33. The van der Waals surface area contributed by atoms with Gasteiger partial charge >= 0.3 is 6.18 Å². The van der Waals surface area contributed by atoms with Crippen molar-refractivity contribution in [2.75, 3.05) is 0 Å². The minimum absolute atomic E-state index is 0.0417. The minimum Gasteiger partial charge on any atom is -0.271 e. The van der Waals surface area contributed by atoms with E-state index >= 15 is 0 Å². The predicted octanol–water partition coefficient (Wildman–Crippen LogP) is 4.23. The summed E-state index contributed by atoms with van der Waals surface area (Å²) in [6.07, 6.45) is -4.85. The average Bonchev–Trinajstić information content (AvgIpc) is 2.25. The molecule has 102 valence electrons. The molecule has 0 spiro atoms. The molecule has 1 atom stereocenters. The van der Waals surface area contributed by atoms with Crippen LogP contribution >= 0.6 is 23.2 Å². The molecule has 0 fully saturated rings. The number of hydrogen-bond acceptors (Lipinski definition) is 2. The second-order valence-corrected chi connectivity index (χ2v) is 4.68. The Kier molecular flexibility index (Phi) is 5.72. The lowest BCUT2D eigenvalue weighted by Crippen LogP contribution is -2.28. The van der Waals surface area contributed by atoms with Gasteiger partial charge in [-0.3, -0.25) is 11.3 Å². The second-order valence-electron chi connectivity index (χ2n) is 3.86. The van der Waals surface area contributed by atoms with Crippen molar-refractivity contribution in [1.82, 2.24) is 5.43 Å². The van der Waals surface area contributed by atoms with Crippen LogP contribution in [0.4, 0.5) is 13.2 Å². The summed E-state index contributed by atoms with van der Waals surface area (Å²) in [7, 11) is 0. The van der Waals surface area contributed by atoms with Gasteiger partial charge in [0.05, 0.1) is 0 Å². The Labute approximate surface area is 113 Å². The van der Waals surface area contributed by atoms with E-state index in [4.69, 9.17) is 29.0 Å². The normalized spacial score (nSPS) is 13.7. The molecular weight excluding hydrogens is 288 g/mol. The van der Waals surface area contributed by atoms with Crippen molar-refractivity contribution < 1.29 is 13.2 Å². The van der Waals surface area contributed by atoms with E-state index in [0.717, 1.165) is 0 Å². The molecule has 0 saturated heterocycles. The number of alkyl halides is 3. The van der Waals surface area contributed by atoms with Crippen molar-refractivity contribution in [2.24, 2.45) is 5.84 Å². The lowest BCUT2D eigenvalue weighted by molar-refractivity contribution is -0.135.